The number of halogens is 1. The normalized spacial score (nSPS) is 20.1. The summed E-state index contributed by atoms with van der Waals surface area (Å²) in [4.78, 5) is 8.17. The zero-order chi connectivity index (χ0) is 10.7. The zero-order valence-electron chi connectivity index (χ0n) is 8.15. The molecule has 1 aliphatic rings. The Bertz CT molecular complexity index is 363. The van der Waals surface area contributed by atoms with Crippen LogP contribution in [0.2, 0.25) is 5.15 Å². The van der Waals surface area contributed by atoms with Crippen LogP contribution in [0.5, 0.6) is 0 Å². The van der Waals surface area contributed by atoms with Crippen LogP contribution in [0.25, 0.3) is 0 Å². The maximum absolute atomic E-state index is 8.84. The van der Waals surface area contributed by atoms with Gasteiger partial charge in [-0.1, -0.05) is 17.7 Å². The fourth-order valence-corrected chi connectivity index (χ4v) is 1.86. The van der Waals surface area contributed by atoms with E-state index in [9.17, 15) is 0 Å². The van der Waals surface area contributed by atoms with Gasteiger partial charge in [0.2, 0.25) is 0 Å². The molecule has 0 saturated heterocycles. The molecule has 0 fully saturated rings. The summed E-state index contributed by atoms with van der Waals surface area (Å²) in [6.07, 6.45) is 3.55. The van der Waals surface area contributed by atoms with E-state index in [-0.39, 0.29) is 5.92 Å². The molecular formula is C10H12ClN3O. The van der Waals surface area contributed by atoms with Crippen molar-refractivity contribution in [1.82, 2.24) is 10.5 Å². The van der Waals surface area contributed by atoms with Gasteiger partial charge in [-0.25, -0.2) is 4.98 Å². The highest BCUT2D eigenvalue weighted by Crippen LogP contribution is 2.18. The predicted octanol–water partition coefficient (Wildman–Crippen LogP) is 1.67. The number of pyridine rings is 1. The first-order valence-electron chi connectivity index (χ1n) is 4.84. The molecule has 0 aliphatic carbocycles. The number of nitrogens with zero attached hydrogens (tertiary/aromatic N) is 2. The fraction of sp³-hybridized carbons (Fsp3) is 0.400. The Morgan fingerprint density at radius 2 is 2.40 bits per heavy atom. The Kier molecular flexibility index (Phi) is 3.18. The maximum atomic E-state index is 8.84. The summed E-state index contributed by atoms with van der Waals surface area (Å²) in [7, 11) is 0. The van der Waals surface area contributed by atoms with Crippen LogP contribution >= 0.6 is 11.6 Å². The van der Waals surface area contributed by atoms with Crippen LogP contribution in [0.15, 0.2) is 23.3 Å². The molecule has 0 radical (unpaired) electrons. The lowest BCUT2D eigenvalue weighted by Gasteiger charge is -2.11. The van der Waals surface area contributed by atoms with Crippen LogP contribution in [0.3, 0.4) is 0 Å². The van der Waals surface area contributed by atoms with Gasteiger partial charge in [-0.05, 0) is 24.5 Å². The Morgan fingerprint density at radius 3 is 3.07 bits per heavy atom. The standard InChI is InChI=1S/C10H12ClN3O/c11-9-2-1-7(6-13-9)5-8-3-4-12-10(8)14-15/h1-2,6,8,15H,3-5H2,(H,12,14). The molecule has 4 nitrogen and oxygen atoms in total. The average Bonchev–Trinajstić information content (AvgIpc) is 2.69. The van der Waals surface area contributed by atoms with Gasteiger partial charge in [-0.2, -0.15) is 0 Å². The summed E-state index contributed by atoms with van der Waals surface area (Å²) in [6.45, 7) is 0.772. The van der Waals surface area contributed by atoms with Gasteiger partial charge in [-0.3, -0.25) is 15.7 Å². The first-order valence-corrected chi connectivity index (χ1v) is 5.22. The van der Waals surface area contributed by atoms with Crippen LogP contribution in [-0.4, -0.2) is 22.6 Å². The molecule has 0 amide bonds. The van der Waals surface area contributed by atoms with E-state index < -0.39 is 0 Å². The number of amidine groups is 1. The van der Waals surface area contributed by atoms with Crippen molar-refractivity contribution in [3.05, 3.63) is 29.0 Å². The summed E-state index contributed by atoms with van der Waals surface area (Å²) < 4.78 is 0. The van der Waals surface area contributed by atoms with Crippen molar-refractivity contribution in [3.63, 3.8) is 0 Å². The van der Waals surface area contributed by atoms with Crippen molar-refractivity contribution in [2.24, 2.45) is 10.9 Å². The Labute approximate surface area is 93.0 Å². The minimum absolute atomic E-state index is 0.262. The summed E-state index contributed by atoms with van der Waals surface area (Å²) in [6, 6.07) is 3.72. The summed E-state index contributed by atoms with van der Waals surface area (Å²) in [5, 5.41) is 9.34. The van der Waals surface area contributed by atoms with Gasteiger partial charge in [0.25, 0.3) is 0 Å². The second kappa shape index (κ2) is 4.59. The third-order valence-corrected chi connectivity index (χ3v) is 2.76. The van der Waals surface area contributed by atoms with Crippen molar-refractivity contribution < 1.29 is 5.21 Å². The molecule has 2 rings (SSSR count). The SMILES string of the molecule is ONC1=NCCC1Cc1ccc(Cl)nc1. The van der Waals surface area contributed by atoms with Crippen molar-refractivity contribution in [2.45, 2.75) is 12.8 Å². The Balaban J connectivity index is 2.03. The van der Waals surface area contributed by atoms with E-state index in [1.54, 1.807) is 12.3 Å². The topological polar surface area (TPSA) is 57.5 Å². The molecule has 2 heterocycles. The smallest absolute Gasteiger partial charge is 0.129 e. The van der Waals surface area contributed by atoms with Crippen LogP contribution in [0, 0.1) is 5.92 Å². The van der Waals surface area contributed by atoms with Gasteiger partial charge in [0.05, 0.1) is 0 Å². The highest BCUT2D eigenvalue weighted by atomic mass is 35.5. The molecule has 1 aromatic rings. The van der Waals surface area contributed by atoms with Gasteiger partial charge in [0.1, 0.15) is 11.0 Å². The second-order valence-corrected chi connectivity index (χ2v) is 3.94. The van der Waals surface area contributed by atoms with E-state index >= 15 is 0 Å². The lowest BCUT2D eigenvalue weighted by atomic mass is 9.98. The van der Waals surface area contributed by atoms with E-state index in [1.165, 1.54) is 0 Å². The third kappa shape index (κ3) is 2.46. The number of nitrogens with one attached hydrogen (secondary N) is 1. The minimum Gasteiger partial charge on any atom is -0.290 e. The number of hydrogen-bond donors (Lipinski definition) is 2. The number of rotatable bonds is 2. The highest BCUT2D eigenvalue weighted by molar-refractivity contribution is 6.29. The fourth-order valence-electron chi connectivity index (χ4n) is 1.74. The highest BCUT2D eigenvalue weighted by Gasteiger charge is 2.20. The van der Waals surface area contributed by atoms with Gasteiger partial charge < -0.3 is 0 Å². The lowest BCUT2D eigenvalue weighted by Crippen LogP contribution is -2.26. The molecule has 15 heavy (non-hydrogen) atoms. The molecule has 1 unspecified atom stereocenters. The van der Waals surface area contributed by atoms with E-state index in [4.69, 9.17) is 16.8 Å². The summed E-state index contributed by atoms with van der Waals surface area (Å²) in [5.74, 6) is 0.933. The third-order valence-electron chi connectivity index (χ3n) is 2.53. The molecule has 0 spiro atoms. The average molecular weight is 226 g/mol. The van der Waals surface area contributed by atoms with Crippen molar-refractivity contribution in [3.8, 4) is 0 Å². The van der Waals surface area contributed by atoms with E-state index in [2.05, 4.69) is 15.5 Å². The first kappa shape index (κ1) is 10.4. The molecule has 1 aromatic heterocycles. The Hall–Kier alpha value is -1.13. The number of hydroxylamine groups is 1. The quantitative estimate of drug-likeness (QED) is 0.595. The van der Waals surface area contributed by atoms with E-state index in [0.717, 1.165) is 24.9 Å². The second-order valence-electron chi connectivity index (χ2n) is 3.56. The monoisotopic (exact) mass is 225 g/mol. The molecule has 2 N–H and O–H groups in total. The predicted molar refractivity (Wildman–Crippen MR) is 58.3 cm³/mol. The van der Waals surface area contributed by atoms with Crippen LogP contribution in [0.4, 0.5) is 0 Å². The van der Waals surface area contributed by atoms with Crippen LogP contribution in [-0.2, 0) is 6.42 Å². The summed E-state index contributed by atoms with van der Waals surface area (Å²) in [5.41, 5.74) is 3.25. The van der Waals surface area contributed by atoms with Crippen molar-refractivity contribution in [1.29, 1.82) is 0 Å². The number of aromatic nitrogens is 1. The largest absolute Gasteiger partial charge is 0.290 e. The maximum Gasteiger partial charge on any atom is 0.129 e. The molecule has 0 saturated carbocycles. The minimum atomic E-state index is 0.262. The number of hydrogen-bond acceptors (Lipinski definition) is 4. The van der Waals surface area contributed by atoms with E-state index in [0.29, 0.717) is 11.0 Å². The van der Waals surface area contributed by atoms with Crippen molar-refractivity contribution >= 4 is 17.4 Å². The van der Waals surface area contributed by atoms with Gasteiger partial charge in [-0.15, -0.1) is 0 Å². The summed E-state index contributed by atoms with van der Waals surface area (Å²) >= 11 is 5.70. The molecule has 1 aliphatic heterocycles. The zero-order valence-corrected chi connectivity index (χ0v) is 8.91. The molecule has 5 heteroatoms. The molecule has 0 aromatic carbocycles. The van der Waals surface area contributed by atoms with Crippen LogP contribution in [0.1, 0.15) is 12.0 Å². The van der Waals surface area contributed by atoms with Gasteiger partial charge in [0.15, 0.2) is 0 Å². The first-order chi connectivity index (χ1) is 7.29. The van der Waals surface area contributed by atoms with Crippen LogP contribution < -0.4 is 5.48 Å². The molecule has 0 bridgehead atoms. The molecular weight excluding hydrogens is 214 g/mol. The lowest BCUT2D eigenvalue weighted by molar-refractivity contribution is 0.228. The number of aliphatic imine (C=N–C) groups is 1. The molecule has 80 valence electrons. The van der Waals surface area contributed by atoms with E-state index in [1.807, 2.05) is 6.07 Å². The Morgan fingerprint density at radius 1 is 1.53 bits per heavy atom. The molecule has 1 atom stereocenters. The van der Waals surface area contributed by atoms with Gasteiger partial charge in [0, 0.05) is 18.7 Å². The van der Waals surface area contributed by atoms with Gasteiger partial charge >= 0.3 is 0 Å². The van der Waals surface area contributed by atoms with Crippen molar-refractivity contribution in [2.75, 3.05) is 6.54 Å².